The van der Waals surface area contributed by atoms with Crippen molar-refractivity contribution in [2.24, 2.45) is 0 Å². The monoisotopic (exact) mass is 518 g/mol. The van der Waals surface area contributed by atoms with E-state index in [1.54, 1.807) is 34.7 Å². The van der Waals surface area contributed by atoms with Crippen LogP contribution >= 0.6 is 0 Å². The first kappa shape index (κ1) is 25.4. The van der Waals surface area contributed by atoms with Crippen LogP contribution in [0.1, 0.15) is 18.2 Å². The number of hydrogen-bond acceptors (Lipinski definition) is 5. The van der Waals surface area contributed by atoms with Crippen LogP contribution in [0, 0.1) is 12.7 Å². The lowest BCUT2D eigenvalue weighted by Crippen LogP contribution is -2.51. The molecule has 1 fully saturated rings. The summed E-state index contributed by atoms with van der Waals surface area (Å²) in [6.45, 7) is 5.88. The van der Waals surface area contributed by atoms with Crippen molar-refractivity contribution in [3.05, 3.63) is 92.5 Å². The van der Waals surface area contributed by atoms with Gasteiger partial charge in [0.05, 0.1) is 11.4 Å². The Labute approximate surface area is 219 Å². The van der Waals surface area contributed by atoms with Gasteiger partial charge in [0.2, 0.25) is 5.91 Å². The van der Waals surface area contributed by atoms with Crippen LogP contribution in [-0.4, -0.2) is 55.9 Å². The van der Waals surface area contributed by atoms with Gasteiger partial charge in [-0.25, -0.2) is 9.18 Å². The summed E-state index contributed by atoms with van der Waals surface area (Å²) in [6, 6.07) is 16.3. The minimum absolute atomic E-state index is 0.196. The van der Waals surface area contributed by atoms with Crippen LogP contribution in [0.2, 0.25) is 0 Å². The molecule has 0 atom stereocenters. The number of rotatable bonds is 7. The molecule has 2 aromatic carbocycles. The molecule has 0 bridgehead atoms. The van der Waals surface area contributed by atoms with Crippen molar-refractivity contribution < 1.29 is 9.18 Å². The lowest BCUT2D eigenvalue weighted by molar-refractivity contribution is -0.132. The van der Waals surface area contributed by atoms with Gasteiger partial charge in [0.1, 0.15) is 17.9 Å². The third-order valence-corrected chi connectivity index (χ3v) is 7.16. The number of carbonyl (C=O) groups excluding carboxylic acids is 1. The lowest BCUT2D eigenvalue weighted by atomic mass is 10.1. The van der Waals surface area contributed by atoms with Crippen molar-refractivity contribution in [2.45, 2.75) is 39.9 Å². The fourth-order valence-corrected chi connectivity index (χ4v) is 5.16. The topological polar surface area (TPSA) is 85.4 Å². The highest BCUT2D eigenvalue weighted by molar-refractivity contribution is 5.81. The summed E-state index contributed by atoms with van der Waals surface area (Å²) in [6.07, 6.45) is 0.507. The van der Waals surface area contributed by atoms with E-state index >= 15 is 0 Å². The van der Waals surface area contributed by atoms with Gasteiger partial charge in [-0.15, -0.1) is 0 Å². The summed E-state index contributed by atoms with van der Waals surface area (Å²) in [5.74, 6) is -0.513. The summed E-state index contributed by atoms with van der Waals surface area (Å²) >= 11 is 0. The number of carbonyl (C=O) groups is 1. The number of para-hydroxylation sites is 1. The van der Waals surface area contributed by atoms with Gasteiger partial charge in [0.15, 0.2) is 5.52 Å². The van der Waals surface area contributed by atoms with Gasteiger partial charge < -0.3 is 9.80 Å². The normalized spacial score (nSPS) is 13.9. The van der Waals surface area contributed by atoms with E-state index in [9.17, 15) is 18.8 Å². The van der Waals surface area contributed by atoms with Gasteiger partial charge in [-0.2, -0.15) is 5.10 Å². The maximum absolute atomic E-state index is 14.2. The van der Waals surface area contributed by atoms with E-state index in [1.807, 2.05) is 42.2 Å². The highest BCUT2D eigenvalue weighted by Crippen LogP contribution is 2.20. The van der Waals surface area contributed by atoms with E-state index in [0.29, 0.717) is 61.6 Å². The molecule has 4 aromatic rings. The molecule has 0 radical (unpaired) electrons. The van der Waals surface area contributed by atoms with Crippen LogP contribution in [0.25, 0.3) is 11.0 Å². The molecule has 10 heteroatoms. The molecule has 0 aliphatic carbocycles. The van der Waals surface area contributed by atoms with E-state index in [0.717, 1.165) is 5.56 Å². The van der Waals surface area contributed by atoms with Crippen LogP contribution in [0.15, 0.2) is 64.2 Å². The third-order valence-electron chi connectivity index (χ3n) is 7.16. The maximum Gasteiger partial charge on any atom is 0.332 e. The average Bonchev–Trinajstić information content (AvgIpc) is 3.28. The summed E-state index contributed by atoms with van der Waals surface area (Å²) < 4.78 is 18.4. The highest BCUT2D eigenvalue weighted by Gasteiger charge is 2.26. The van der Waals surface area contributed by atoms with Crippen molar-refractivity contribution in [3.8, 4) is 0 Å². The predicted octanol–water partition coefficient (Wildman–Crippen LogP) is 2.42. The second kappa shape index (κ2) is 10.6. The molecule has 0 saturated carbocycles. The Hall–Kier alpha value is -4.21. The Balaban J connectivity index is 1.43. The highest BCUT2D eigenvalue weighted by atomic mass is 19.1. The van der Waals surface area contributed by atoms with Gasteiger partial charge in [-0.3, -0.25) is 23.4 Å². The number of aromatic nitrogens is 4. The van der Waals surface area contributed by atoms with E-state index in [2.05, 4.69) is 5.10 Å². The van der Waals surface area contributed by atoms with Crippen LogP contribution in [0.3, 0.4) is 0 Å². The molecular weight excluding hydrogens is 487 g/mol. The van der Waals surface area contributed by atoms with Crippen molar-refractivity contribution in [1.82, 2.24) is 23.8 Å². The number of fused-ring (bicyclic) bond motifs is 1. The largest absolute Gasteiger partial charge is 0.366 e. The first-order valence-electron chi connectivity index (χ1n) is 12.9. The zero-order chi connectivity index (χ0) is 26.8. The SMILES string of the molecule is CCn1nc(C)c2c1c(=O)n(CCc1ccccc1)c(=O)n2CC(=O)N1CCN(c2ccccc2F)CC1. The molecule has 1 amide bonds. The summed E-state index contributed by atoms with van der Waals surface area (Å²) in [5.41, 5.74) is 1.87. The molecule has 1 aliphatic heterocycles. The molecule has 2 aromatic heterocycles. The first-order valence-corrected chi connectivity index (χ1v) is 12.9. The van der Waals surface area contributed by atoms with Gasteiger partial charge in [0.25, 0.3) is 5.56 Å². The number of hydrogen-bond donors (Lipinski definition) is 0. The maximum atomic E-state index is 14.2. The lowest BCUT2D eigenvalue weighted by Gasteiger charge is -2.36. The first-order chi connectivity index (χ1) is 18.4. The van der Waals surface area contributed by atoms with Crippen molar-refractivity contribution >= 4 is 22.6 Å². The number of amides is 1. The Morgan fingerprint density at radius 2 is 1.61 bits per heavy atom. The van der Waals surface area contributed by atoms with Crippen LogP contribution in [-0.2, 0) is 30.8 Å². The van der Waals surface area contributed by atoms with E-state index in [1.165, 1.54) is 15.2 Å². The summed E-state index contributed by atoms with van der Waals surface area (Å²) in [5, 5.41) is 4.48. The Morgan fingerprint density at radius 3 is 2.29 bits per heavy atom. The van der Waals surface area contributed by atoms with Crippen molar-refractivity contribution in [2.75, 3.05) is 31.1 Å². The minimum Gasteiger partial charge on any atom is -0.366 e. The number of benzene rings is 2. The smallest absolute Gasteiger partial charge is 0.332 e. The molecule has 3 heterocycles. The van der Waals surface area contributed by atoms with Gasteiger partial charge in [-0.05, 0) is 38.0 Å². The van der Waals surface area contributed by atoms with Crippen molar-refractivity contribution in [1.29, 1.82) is 0 Å². The molecule has 198 valence electrons. The predicted molar refractivity (Wildman–Crippen MR) is 144 cm³/mol. The zero-order valence-electron chi connectivity index (χ0n) is 21.6. The third kappa shape index (κ3) is 4.73. The van der Waals surface area contributed by atoms with Crippen LogP contribution in [0.4, 0.5) is 10.1 Å². The molecular formula is C28H31FN6O3. The molecule has 1 aliphatic rings. The van der Waals surface area contributed by atoms with Gasteiger partial charge in [-0.1, -0.05) is 42.5 Å². The Bertz CT molecular complexity index is 1580. The van der Waals surface area contributed by atoms with Gasteiger partial charge in [0, 0.05) is 39.3 Å². The number of nitrogens with zero attached hydrogens (tertiary/aromatic N) is 6. The average molecular weight is 519 g/mol. The molecule has 1 saturated heterocycles. The standard InChI is InChI=1S/C28H31FN6O3/c1-3-35-26-25(20(2)30-35)34(28(38)33(27(26)37)14-13-21-9-5-4-6-10-21)19-24(36)32-17-15-31(16-18-32)23-12-8-7-11-22(23)29/h4-12H,3,13-19H2,1-2H3. The molecule has 0 unspecified atom stereocenters. The quantitative estimate of drug-likeness (QED) is 0.375. The van der Waals surface area contributed by atoms with Crippen LogP contribution < -0.4 is 16.1 Å². The number of aryl methyl sites for hydroxylation is 3. The molecule has 38 heavy (non-hydrogen) atoms. The summed E-state index contributed by atoms with van der Waals surface area (Å²) in [7, 11) is 0. The van der Waals surface area contributed by atoms with Crippen LogP contribution in [0.5, 0.6) is 0 Å². The van der Waals surface area contributed by atoms with Gasteiger partial charge >= 0.3 is 5.69 Å². The fourth-order valence-electron chi connectivity index (χ4n) is 5.16. The second-order valence-corrected chi connectivity index (χ2v) is 9.48. The molecule has 9 nitrogen and oxygen atoms in total. The molecule has 5 rings (SSSR count). The number of anilines is 1. The fraction of sp³-hybridized carbons (Fsp3) is 0.357. The number of halogens is 1. The van der Waals surface area contributed by atoms with E-state index in [4.69, 9.17) is 0 Å². The number of piperazine rings is 1. The molecule has 0 N–H and O–H groups in total. The van der Waals surface area contributed by atoms with Crippen molar-refractivity contribution in [3.63, 3.8) is 0 Å². The minimum atomic E-state index is -0.518. The second-order valence-electron chi connectivity index (χ2n) is 9.48. The Morgan fingerprint density at radius 1 is 0.921 bits per heavy atom. The summed E-state index contributed by atoms with van der Waals surface area (Å²) in [4.78, 5) is 44.1. The van der Waals surface area contributed by atoms with E-state index < -0.39 is 11.2 Å². The molecule has 0 spiro atoms. The zero-order valence-corrected chi connectivity index (χ0v) is 21.6. The van der Waals surface area contributed by atoms with E-state index in [-0.39, 0.29) is 24.8 Å². The Kier molecular flexibility index (Phi) is 7.13.